The highest BCUT2D eigenvalue weighted by atomic mass is 16.1. The molecule has 0 aromatic heterocycles. The molecule has 1 aromatic carbocycles. The molecule has 0 aliphatic heterocycles. The Morgan fingerprint density at radius 1 is 1.36 bits per heavy atom. The second-order valence-corrected chi connectivity index (χ2v) is 4.32. The van der Waals surface area contributed by atoms with Gasteiger partial charge in [0, 0.05) is 5.56 Å². The first kappa shape index (κ1) is 9.25. The number of nitrogens with two attached hydrogens (primary N) is 1. The van der Waals surface area contributed by atoms with Crippen molar-refractivity contribution in [3.8, 4) is 0 Å². The largest absolute Gasteiger partial charge is 0.366 e. The van der Waals surface area contributed by atoms with E-state index in [0.717, 1.165) is 18.4 Å². The summed E-state index contributed by atoms with van der Waals surface area (Å²) in [4.78, 5) is 11.2. The first-order valence-electron chi connectivity index (χ1n) is 5.03. The lowest BCUT2D eigenvalue weighted by atomic mass is 9.65. The molecule has 0 radical (unpaired) electrons. The number of hydrogen-bond acceptors (Lipinski definition) is 1. The Balaban J connectivity index is 2.46. The lowest BCUT2D eigenvalue weighted by molar-refractivity contribution is 0.0996. The van der Waals surface area contributed by atoms with Gasteiger partial charge < -0.3 is 5.73 Å². The Bertz CT molecular complexity index is 366. The number of hydrogen-bond donors (Lipinski definition) is 1. The minimum atomic E-state index is -0.311. The van der Waals surface area contributed by atoms with Gasteiger partial charge in [-0.1, -0.05) is 31.5 Å². The number of carbonyl (C=O) groups excluding carboxylic acids is 1. The second kappa shape index (κ2) is 3.12. The molecule has 0 heterocycles. The summed E-state index contributed by atoms with van der Waals surface area (Å²) in [5, 5.41) is 0. The number of primary amides is 1. The number of carbonyl (C=O) groups is 1. The summed E-state index contributed by atoms with van der Waals surface area (Å²) in [5.41, 5.74) is 7.35. The van der Waals surface area contributed by atoms with Crippen molar-refractivity contribution in [1.82, 2.24) is 0 Å². The molecule has 1 fully saturated rings. The molecule has 0 atom stereocenters. The molecule has 2 N–H and O–H groups in total. The number of rotatable bonds is 2. The highest BCUT2D eigenvalue weighted by Gasteiger charge is 2.35. The molecule has 2 rings (SSSR count). The summed E-state index contributed by atoms with van der Waals surface area (Å²) in [7, 11) is 0. The summed E-state index contributed by atoms with van der Waals surface area (Å²) < 4.78 is 0. The molecule has 0 bridgehead atoms. The maximum atomic E-state index is 11.2. The van der Waals surface area contributed by atoms with E-state index in [1.165, 1.54) is 6.42 Å². The van der Waals surface area contributed by atoms with Crippen LogP contribution in [0.2, 0.25) is 0 Å². The zero-order valence-corrected chi connectivity index (χ0v) is 8.42. The van der Waals surface area contributed by atoms with Crippen molar-refractivity contribution in [3.05, 3.63) is 35.4 Å². The molecule has 0 unspecified atom stereocenters. The molecule has 1 saturated carbocycles. The van der Waals surface area contributed by atoms with Gasteiger partial charge in [0.05, 0.1) is 0 Å². The normalized spacial score (nSPS) is 18.6. The van der Waals surface area contributed by atoms with Crippen molar-refractivity contribution < 1.29 is 4.79 Å². The average Bonchev–Trinajstić information content (AvgIpc) is 2.14. The number of amides is 1. The molecule has 1 aliphatic carbocycles. The Morgan fingerprint density at radius 2 is 2.00 bits per heavy atom. The molecule has 2 nitrogen and oxygen atoms in total. The van der Waals surface area contributed by atoms with E-state index < -0.39 is 0 Å². The Labute approximate surface area is 84.1 Å². The monoisotopic (exact) mass is 189 g/mol. The summed E-state index contributed by atoms with van der Waals surface area (Å²) in [6.07, 6.45) is 3.58. The van der Waals surface area contributed by atoms with Gasteiger partial charge in [-0.25, -0.2) is 0 Å². The van der Waals surface area contributed by atoms with Crippen molar-refractivity contribution in [2.24, 2.45) is 5.73 Å². The van der Waals surface area contributed by atoms with Crippen LogP contribution in [0, 0.1) is 0 Å². The van der Waals surface area contributed by atoms with E-state index in [-0.39, 0.29) is 11.3 Å². The Morgan fingerprint density at radius 3 is 2.50 bits per heavy atom. The summed E-state index contributed by atoms with van der Waals surface area (Å²) in [6.45, 7) is 2.21. The van der Waals surface area contributed by atoms with E-state index in [0.29, 0.717) is 5.56 Å². The van der Waals surface area contributed by atoms with Gasteiger partial charge in [0.2, 0.25) is 5.91 Å². The van der Waals surface area contributed by atoms with Crippen LogP contribution in [-0.2, 0) is 5.41 Å². The SMILES string of the molecule is CC1(c2ccccc2C(N)=O)CCC1. The van der Waals surface area contributed by atoms with Crippen LogP contribution in [0.3, 0.4) is 0 Å². The molecule has 0 spiro atoms. The molecule has 0 saturated heterocycles. The number of benzene rings is 1. The van der Waals surface area contributed by atoms with Gasteiger partial charge in [-0.05, 0) is 29.9 Å². The van der Waals surface area contributed by atoms with Crippen molar-refractivity contribution in [3.63, 3.8) is 0 Å². The highest BCUT2D eigenvalue weighted by molar-refractivity contribution is 5.94. The maximum absolute atomic E-state index is 11.2. The predicted octanol–water partition coefficient (Wildman–Crippen LogP) is 2.23. The summed E-state index contributed by atoms with van der Waals surface area (Å²) >= 11 is 0. The van der Waals surface area contributed by atoms with E-state index in [1.54, 1.807) is 0 Å². The minimum absolute atomic E-state index is 0.186. The molecule has 1 aliphatic rings. The third kappa shape index (κ3) is 1.31. The fraction of sp³-hybridized carbons (Fsp3) is 0.417. The second-order valence-electron chi connectivity index (χ2n) is 4.32. The summed E-state index contributed by atoms with van der Waals surface area (Å²) in [5.74, 6) is -0.311. The average molecular weight is 189 g/mol. The van der Waals surface area contributed by atoms with Crippen LogP contribution >= 0.6 is 0 Å². The van der Waals surface area contributed by atoms with Crippen LogP contribution in [0.1, 0.15) is 42.1 Å². The van der Waals surface area contributed by atoms with Crippen LogP contribution in [0.15, 0.2) is 24.3 Å². The van der Waals surface area contributed by atoms with Crippen LogP contribution in [0.25, 0.3) is 0 Å². The first-order valence-corrected chi connectivity index (χ1v) is 5.03. The van der Waals surface area contributed by atoms with Crippen molar-refractivity contribution in [2.75, 3.05) is 0 Å². The quantitative estimate of drug-likeness (QED) is 0.761. The van der Waals surface area contributed by atoms with Gasteiger partial charge in [0.25, 0.3) is 0 Å². The predicted molar refractivity (Wildman–Crippen MR) is 56.2 cm³/mol. The summed E-state index contributed by atoms with van der Waals surface area (Å²) in [6, 6.07) is 7.69. The lowest BCUT2D eigenvalue weighted by Crippen LogP contribution is -2.33. The molecular formula is C12H15NO. The minimum Gasteiger partial charge on any atom is -0.366 e. The molecular weight excluding hydrogens is 174 g/mol. The zero-order valence-electron chi connectivity index (χ0n) is 8.42. The van der Waals surface area contributed by atoms with Crippen molar-refractivity contribution in [2.45, 2.75) is 31.6 Å². The molecule has 14 heavy (non-hydrogen) atoms. The molecule has 74 valence electrons. The van der Waals surface area contributed by atoms with Gasteiger partial charge in [0.15, 0.2) is 0 Å². The first-order chi connectivity index (χ1) is 6.63. The fourth-order valence-corrected chi connectivity index (χ4v) is 2.20. The van der Waals surface area contributed by atoms with E-state index >= 15 is 0 Å². The van der Waals surface area contributed by atoms with E-state index in [1.807, 2.05) is 24.3 Å². The van der Waals surface area contributed by atoms with Gasteiger partial charge >= 0.3 is 0 Å². The topological polar surface area (TPSA) is 43.1 Å². The Kier molecular flexibility index (Phi) is 2.06. The van der Waals surface area contributed by atoms with Crippen LogP contribution in [0.5, 0.6) is 0 Å². The lowest BCUT2D eigenvalue weighted by Gasteiger charge is -2.39. The molecule has 1 amide bonds. The van der Waals surface area contributed by atoms with Gasteiger partial charge in [-0.15, -0.1) is 0 Å². The van der Waals surface area contributed by atoms with Gasteiger partial charge in [-0.3, -0.25) is 4.79 Å². The zero-order chi connectivity index (χ0) is 10.2. The molecule has 1 aromatic rings. The van der Waals surface area contributed by atoms with E-state index in [2.05, 4.69) is 6.92 Å². The van der Waals surface area contributed by atoms with Crippen molar-refractivity contribution >= 4 is 5.91 Å². The third-order valence-electron chi connectivity index (χ3n) is 3.30. The van der Waals surface area contributed by atoms with Crippen LogP contribution in [0.4, 0.5) is 0 Å². The van der Waals surface area contributed by atoms with E-state index in [9.17, 15) is 4.79 Å². The van der Waals surface area contributed by atoms with Gasteiger partial charge in [0.1, 0.15) is 0 Å². The van der Waals surface area contributed by atoms with Crippen LogP contribution < -0.4 is 5.73 Å². The Hall–Kier alpha value is -1.31. The standard InChI is InChI=1S/C12H15NO/c1-12(7-4-8-12)10-6-3-2-5-9(10)11(13)14/h2-3,5-6H,4,7-8H2,1H3,(H2,13,14). The van der Waals surface area contributed by atoms with E-state index in [4.69, 9.17) is 5.73 Å². The van der Waals surface area contributed by atoms with Crippen LogP contribution in [-0.4, -0.2) is 5.91 Å². The van der Waals surface area contributed by atoms with Gasteiger partial charge in [-0.2, -0.15) is 0 Å². The highest BCUT2D eigenvalue weighted by Crippen LogP contribution is 2.44. The smallest absolute Gasteiger partial charge is 0.248 e. The third-order valence-corrected chi connectivity index (χ3v) is 3.30. The fourth-order valence-electron chi connectivity index (χ4n) is 2.20. The maximum Gasteiger partial charge on any atom is 0.248 e. The molecule has 2 heteroatoms. The van der Waals surface area contributed by atoms with Crippen molar-refractivity contribution in [1.29, 1.82) is 0 Å².